The lowest BCUT2D eigenvalue weighted by Crippen LogP contribution is -2.07. The highest BCUT2D eigenvalue weighted by atomic mass is 16.5. The van der Waals surface area contributed by atoms with Crippen LogP contribution in [0.15, 0.2) is 78.9 Å². The SMILES string of the molecule is COC(=O)C=Cc1cccc(NC(=O)C=CC=Cc2ccccc2)c1. The minimum atomic E-state index is -0.428. The van der Waals surface area contributed by atoms with Gasteiger partial charge in [0.1, 0.15) is 0 Å². The van der Waals surface area contributed by atoms with E-state index in [9.17, 15) is 9.59 Å². The van der Waals surface area contributed by atoms with E-state index in [1.165, 1.54) is 19.3 Å². The molecule has 0 spiro atoms. The standard InChI is InChI=1S/C21H19NO3/c1-25-21(24)15-14-18-11-7-12-19(16-18)22-20(23)13-6-5-10-17-8-3-2-4-9-17/h2-16H,1H3,(H,22,23). The maximum Gasteiger partial charge on any atom is 0.330 e. The van der Waals surface area contributed by atoms with Gasteiger partial charge < -0.3 is 10.1 Å². The molecule has 2 aromatic carbocycles. The van der Waals surface area contributed by atoms with Gasteiger partial charge >= 0.3 is 5.97 Å². The number of esters is 1. The van der Waals surface area contributed by atoms with E-state index in [1.807, 2.05) is 48.6 Å². The first-order valence-electron chi connectivity index (χ1n) is 7.74. The molecule has 126 valence electrons. The Morgan fingerprint density at radius 3 is 2.40 bits per heavy atom. The number of carbonyl (C=O) groups excluding carboxylic acids is 2. The maximum atomic E-state index is 11.9. The molecule has 0 aromatic heterocycles. The number of amides is 1. The Morgan fingerprint density at radius 2 is 1.64 bits per heavy atom. The number of nitrogens with one attached hydrogen (secondary N) is 1. The monoisotopic (exact) mass is 333 g/mol. The number of allylic oxidation sites excluding steroid dienone is 2. The summed E-state index contributed by atoms with van der Waals surface area (Å²) in [5.41, 5.74) is 2.50. The first-order valence-corrected chi connectivity index (χ1v) is 7.74. The lowest BCUT2D eigenvalue weighted by atomic mass is 10.2. The quantitative estimate of drug-likeness (QED) is 0.492. The van der Waals surface area contributed by atoms with Crippen molar-refractivity contribution >= 4 is 29.7 Å². The zero-order valence-corrected chi connectivity index (χ0v) is 13.9. The summed E-state index contributed by atoms with van der Waals surface area (Å²) >= 11 is 0. The number of ether oxygens (including phenoxy) is 1. The molecule has 0 bridgehead atoms. The van der Waals surface area contributed by atoms with Crippen LogP contribution in [0.1, 0.15) is 11.1 Å². The number of anilines is 1. The van der Waals surface area contributed by atoms with Gasteiger partial charge in [0.2, 0.25) is 5.91 Å². The molecule has 0 aliphatic carbocycles. The Kier molecular flexibility index (Phi) is 6.95. The molecule has 0 radical (unpaired) electrons. The summed E-state index contributed by atoms with van der Waals surface area (Å²) in [7, 11) is 1.32. The lowest BCUT2D eigenvalue weighted by molar-refractivity contribution is -0.134. The van der Waals surface area contributed by atoms with Crippen LogP contribution in [0.3, 0.4) is 0 Å². The Morgan fingerprint density at radius 1 is 0.880 bits per heavy atom. The number of carbonyl (C=O) groups is 2. The van der Waals surface area contributed by atoms with Gasteiger partial charge in [-0.3, -0.25) is 4.79 Å². The number of rotatable bonds is 6. The van der Waals surface area contributed by atoms with Crippen molar-refractivity contribution in [3.63, 3.8) is 0 Å². The van der Waals surface area contributed by atoms with Gasteiger partial charge in [-0.15, -0.1) is 0 Å². The fourth-order valence-electron chi connectivity index (χ4n) is 2.01. The fraction of sp³-hybridized carbons (Fsp3) is 0.0476. The Balaban J connectivity index is 1.92. The van der Waals surface area contributed by atoms with Crippen LogP contribution in [0.5, 0.6) is 0 Å². The average Bonchev–Trinajstić information content (AvgIpc) is 2.64. The van der Waals surface area contributed by atoms with Crippen LogP contribution in [-0.2, 0) is 14.3 Å². The molecule has 1 amide bonds. The molecule has 0 unspecified atom stereocenters. The van der Waals surface area contributed by atoms with Gasteiger partial charge in [-0.2, -0.15) is 0 Å². The molecule has 1 N–H and O–H groups in total. The summed E-state index contributed by atoms with van der Waals surface area (Å²) in [6, 6.07) is 17.0. The van der Waals surface area contributed by atoms with Gasteiger partial charge in [-0.05, 0) is 29.3 Å². The van der Waals surface area contributed by atoms with Crippen LogP contribution in [0.4, 0.5) is 5.69 Å². The van der Waals surface area contributed by atoms with Gasteiger partial charge in [0.25, 0.3) is 0 Å². The number of hydrogen-bond acceptors (Lipinski definition) is 3. The van der Waals surface area contributed by atoms with E-state index in [0.29, 0.717) is 5.69 Å². The first kappa shape index (κ1) is 17.9. The minimum absolute atomic E-state index is 0.230. The summed E-state index contributed by atoms with van der Waals surface area (Å²) in [6.45, 7) is 0. The fourth-order valence-corrected chi connectivity index (χ4v) is 2.01. The molecule has 2 rings (SSSR count). The smallest absolute Gasteiger partial charge is 0.330 e. The van der Waals surface area contributed by atoms with Gasteiger partial charge in [-0.25, -0.2) is 4.79 Å². The summed E-state index contributed by atoms with van der Waals surface area (Å²) < 4.78 is 4.54. The van der Waals surface area contributed by atoms with Gasteiger partial charge in [-0.1, -0.05) is 60.7 Å². The topological polar surface area (TPSA) is 55.4 Å². The zero-order chi connectivity index (χ0) is 17.9. The average molecular weight is 333 g/mol. The van der Waals surface area contributed by atoms with Crippen LogP contribution in [0, 0.1) is 0 Å². The molecule has 4 heteroatoms. The maximum absolute atomic E-state index is 11.9. The van der Waals surface area contributed by atoms with E-state index in [0.717, 1.165) is 11.1 Å². The van der Waals surface area contributed by atoms with E-state index >= 15 is 0 Å². The van der Waals surface area contributed by atoms with Crippen LogP contribution < -0.4 is 5.32 Å². The van der Waals surface area contributed by atoms with Gasteiger partial charge in [0, 0.05) is 17.8 Å². The van der Waals surface area contributed by atoms with Gasteiger partial charge in [0.05, 0.1) is 7.11 Å². The van der Waals surface area contributed by atoms with Crippen molar-refractivity contribution in [1.29, 1.82) is 0 Å². The van der Waals surface area contributed by atoms with Crippen LogP contribution in [-0.4, -0.2) is 19.0 Å². The molecule has 0 aliphatic rings. The van der Waals surface area contributed by atoms with Crippen LogP contribution >= 0.6 is 0 Å². The molecule has 0 atom stereocenters. The predicted octanol–water partition coefficient (Wildman–Crippen LogP) is 4.08. The normalized spacial score (nSPS) is 11.2. The van der Waals surface area contributed by atoms with Crippen molar-refractivity contribution in [1.82, 2.24) is 0 Å². The highest BCUT2D eigenvalue weighted by Gasteiger charge is 1.98. The van der Waals surface area contributed by atoms with Crippen LogP contribution in [0.2, 0.25) is 0 Å². The molecule has 4 nitrogen and oxygen atoms in total. The highest BCUT2D eigenvalue weighted by Crippen LogP contribution is 2.12. The van der Waals surface area contributed by atoms with Crippen molar-refractivity contribution in [2.45, 2.75) is 0 Å². The van der Waals surface area contributed by atoms with Crippen molar-refractivity contribution in [2.24, 2.45) is 0 Å². The summed E-state index contributed by atoms with van der Waals surface area (Å²) in [5.74, 6) is -0.658. The van der Waals surface area contributed by atoms with E-state index in [1.54, 1.807) is 30.4 Å². The second-order valence-electron chi connectivity index (χ2n) is 5.10. The second kappa shape index (κ2) is 9.67. The minimum Gasteiger partial charge on any atom is -0.466 e. The molecule has 2 aromatic rings. The zero-order valence-electron chi connectivity index (χ0n) is 13.9. The van der Waals surface area contributed by atoms with E-state index in [2.05, 4.69) is 10.1 Å². The highest BCUT2D eigenvalue weighted by molar-refractivity contribution is 5.99. The summed E-state index contributed by atoms with van der Waals surface area (Å²) in [6.07, 6.45) is 9.82. The Labute approximate surface area is 147 Å². The first-order chi connectivity index (χ1) is 12.2. The molecular formula is C21H19NO3. The van der Waals surface area contributed by atoms with Crippen molar-refractivity contribution in [3.05, 3.63) is 90.0 Å². The van der Waals surface area contributed by atoms with Crippen LogP contribution in [0.25, 0.3) is 12.2 Å². The summed E-state index contributed by atoms with van der Waals surface area (Å²) in [4.78, 5) is 23.0. The lowest BCUT2D eigenvalue weighted by Gasteiger charge is -2.03. The van der Waals surface area contributed by atoms with E-state index in [4.69, 9.17) is 0 Å². The predicted molar refractivity (Wildman–Crippen MR) is 101 cm³/mol. The Bertz CT molecular complexity index is 805. The second-order valence-corrected chi connectivity index (χ2v) is 5.10. The Hall–Kier alpha value is -3.40. The van der Waals surface area contributed by atoms with Gasteiger partial charge in [0.15, 0.2) is 0 Å². The molecule has 0 saturated heterocycles. The number of hydrogen-bond donors (Lipinski definition) is 1. The number of benzene rings is 2. The molecule has 0 saturated carbocycles. The molecule has 0 aliphatic heterocycles. The summed E-state index contributed by atoms with van der Waals surface area (Å²) in [5, 5.41) is 2.77. The molecule has 25 heavy (non-hydrogen) atoms. The third-order valence-electron chi connectivity index (χ3n) is 3.21. The molecular weight excluding hydrogens is 314 g/mol. The molecule has 0 heterocycles. The van der Waals surface area contributed by atoms with Crippen molar-refractivity contribution in [2.75, 3.05) is 12.4 Å². The molecule has 0 fully saturated rings. The largest absolute Gasteiger partial charge is 0.466 e. The van der Waals surface area contributed by atoms with Crippen molar-refractivity contribution in [3.8, 4) is 0 Å². The van der Waals surface area contributed by atoms with E-state index < -0.39 is 5.97 Å². The number of methoxy groups -OCH3 is 1. The third-order valence-corrected chi connectivity index (χ3v) is 3.21. The van der Waals surface area contributed by atoms with Crippen molar-refractivity contribution < 1.29 is 14.3 Å². The third kappa shape index (κ3) is 6.71. The van der Waals surface area contributed by atoms with E-state index in [-0.39, 0.29) is 5.91 Å².